The lowest BCUT2D eigenvalue weighted by Crippen LogP contribution is -2.29. The summed E-state index contributed by atoms with van der Waals surface area (Å²) in [7, 11) is -3.60. The van der Waals surface area contributed by atoms with Crippen LogP contribution >= 0.6 is 11.6 Å². The van der Waals surface area contributed by atoms with Gasteiger partial charge in [0.2, 0.25) is 15.9 Å². The molecule has 130 valence electrons. The Bertz CT molecular complexity index is 926. The molecule has 1 aliphatic rings. The van der Waals surface area contributed by atoms with Gasteiger partial charge in [0.15, 0.2) is 0 Å². The van der Waals surface area contributed by atoms with E-state index in [1.165, 1.54) is 24.3 Å². The Kier molecular flexibility index (Phi) is 4.78. The van der Waals surface area contributed by atoms with Crippen molar-refractivity contribution in [3.05, 3.63) is 64.7 Å². The van der Waals surface area contributed by atoms with Crippen LogP contribution in [-0.2, 0) is 21.4 Å². The number of anilines is 1. The van der Waals surface area contributed by atoms with Gasteiger partial charge in [-0.3, -0.25) is 9.59 Å². The van der Waals surface area contributed by atoms with E-state index in [9.17, 15) is 18.0 Å². The lowest BCUT2D eigenvalue weighted by Gasteiger charge is -2.15. The highest BCUT2D eigenvalue weighted by Crippen LogP contribution is 2.25. The van der Waals surface area contributed by atoms with Crippen LogP contribution in [0.25, 0.3) is 0 Å². The van der Waals surface area contributed by atoms with Crippen LogP contribution < -0.4 is 9.62 Å². The van der Waals surface area contributed by atoms with E-state index in [1.54, 1.807) is 12.1 Å². The third kappa shape index (κ3) is 3.67. The number of nitrogens with zero attached hydrogens (tertiary/aromatic N) is 1. The lowest BCUT2D eigenvalue weighted by molar-refractivity contribution is -0.116. The van der Waals surface area contributed by atoms with E-state index < -0.39 is 15.9 Å². The van der Waals surface area contributed by atoms with Crippen LogP contribution in [0.4, 0.5) is 5.69 Å². The molecule has 25 heavy (non-hydrogen) atoms. The van der Waals surface area contributed by atoms with Crippen molar-refractivity contribution in [3.63, 3.8) is 0 Å². The number of nitrogens with one attached hydrogen (secondary N) is 1. The summed E-state index contributed by atoms with van der Waals surface area (Å²) in [6, 6.07) is 13.1. The number of rotatable bonds is 4. The number of benzene rings is 2. The predicted octanol–water partition coefficient (Wildman–Crippen LogP) is 2.34. The van der Waals surface area contributed by atoms with Crippen LogP contribution in [0, 0.1) is 0 Å². The van der Waals surface area contributed by atoms with E-state index in [0.29, 0.717) is 10.6 Å². The van der Waals surface area contributed by atoms with Crippen molar-refractivity contribution in [2.75, 3.05) is 10.1 Å². The van der Waals surface area contributed by atoms with Crippen molar-refractivity contribution in [2.24, 2.45) is 0 Å². The molecule has 0 aliphatic carbocycles. The van der Waals surface area contributed by atoms with Crippen molar-refractivity contribution >= 4 is 39.1 Å². The van der Waals surface area contributed by atoms with Gasteiger partial charge >= 0.3 is 0 Å². The van der Waals surface area contributed by atoms with Crippen molar-refractivity contribution in [3.8, 4) is 0 Å². The standard InChI is InChI=1S/C17H15ClN2O4S/c18-15-4-2-1-3-13(15)11-19-17(22)12-5-7-14(8-6-12)20-16(21)9-10-25(20,23)24/h1-8H,9-11H2,(H,19,22). The predicted molar refractivity (Wildman–Crippen MR) is 95.0 cm³/mol. The van der Waals surface area contributed by atoms with Gasteiger partial charge in [-0.15, -0.1) is 0 Å². The molecule has 0 bridgehead atoms. The molecular formula is C17H15ClN2O4S. The smallest absolute Gasteiger partial charge is 0.251 e. The van der Waals surface area contributed by atoms with E-state index in [-0.39, 0.29) is 30.3 Å². The Labute approximate surface area is 150 Å². The molecule has 8 heteroatoms. The molecule has 1 aliphatic heterocycles. The highest BCUT2D eigenvalue weighted by molar-refractivity contribution is 7.94. The van der Waals surface area contributed by atoms with Crippen LogP contribution in [0.1, 0.15) is 22.3 Å². The SMILES string of the molecule is O=C(NCc1ccccc1Cl)c1ccc(N2C(=O)CCS2(=O)=O)cc1. The van der Waals surface area contributed by atoms with Crippen molar-refractivity contribution < 1.29 is 18.0 Å². The summed E-state index contributed by atoms with van der Waals surface area (Å²) in [6.07, 6.45) is -0.0254. The molecule has 0 radical (unpaired) electrons. The maximum absolute atomic E-state index is 12.2. The molecule has 2 aromatic carbocycles. The molecule has 2 aromatic rings. The summed E-state index contributed by atoms with van der Waals surface area (Å²) in [4.78, 5) is 24.0. The van der Waals surface area contributed by atoms with Gasteiger partial charge < -0.3 is 5.32 Å². The van der Waals surface area contributed by atoms with Crippen LogP contribution in [0.5, 0.6) is 0 Å². The zero-order valence-electron chi connectivity index (χ0n) is 13.1. The molecule has 2 amide bonds. The largest absolute Gasteiger partial charge is 0.348 e. The molecule has 1 heterocycles. The summed E-state index contributed by atoms with van der Waals surface area (Å²) in [5, 5.41) is 3.31. The first-order chi connectivity index (χ1) is 11.9. The number of hydrogen-bond acceptors (Lipinski definition) is 4. The zero-order chi connectivity index (χ0) is 18.0. The Hall–Kier alpha value is -2.38. The van der Waals surface area contributed by atoms with Gasteiger partial charge in [-0.2, -0.15) is 0 Å². The summed E-state index contributed by atoms with van der Waals surface area (Å²) in [5.41, 5.74) is 1.40. The van der Waals surface area contributed by atoms with E-state index in [0.717, 1.165) is 9.87 Å². The van der Waals surface area contributed by atoms with Crippen LogP contribution in [0.2, 0.25) is 5.02 Å². The summed E-state index contributed by atoms with van der Waals surface area (Å²) in [6.45, 7) is 0.277. The van der Waals surface area contributed by atoms with Gasteiger partial charge in [-0.1, -0.05) is 29.8 Å². The average Bonchev–Trinajstić information content (AvgIpc) is 2.87. The van der Waals surface area contributed by atoms with E-state index in [1.807, 2.05) is 12.1 Å². The first kappa shape index (κ1) is 17.4. The molecule has 1 fully saturated rings. The number of amides is 2. The third-order valence-electron chi connectivity index (χ3n) is 3.84. The molecule has 0 atom stereocenters. The fourth-order valence-corrected chi connectivity index (χ4v) is 4.20. The average molecular weight is 379 g/mol. The molecule has 3 rings (SSSR count). The van der Waals surface area contributed by atoms with Crippen molar-refractivity contribution in [2.45, 2.75) is 13.0 Å². The molecule has 1 N–H and O–H groups in total. The minimum Gasteiger partial charge on any atom is -0.348 e. The van der Waals surface area contributed by atoms with Gasteiger partial charge in [0.05, 0.1) is 11.4 Å². The molecule has 6 nitrogen and oxygen atoms in total. The number of sulfonamides is 1. The second kappa shape index (κ2) is 6.85. The Morgan fingerprint density at radius 2 is 1.80 bits per heavy atom. The highest BCUT2D eigenvalue weighted by atomic mass is 35.5. The second-order valence-corrected chi connectivity index (χ2v) is 7.89. The minimum absolute atomic E-state index is 0.0254. The zero-order valence-corrected chi connectivity index (χ0v) is 14.7. The van der Waals surface area contributed by atoms with E-state index in [2.05, 4.69) is 5.32 Å². The molecular weight excluding hydrogens is 364 g/mol. The molecule has 0 aromatic heterocycles. The van der Waals surface area contributed by atoms with Gasteiger partial charge in [0.25, 0.3) is 5.91 Å². The fraction of sp³-hybridized carbons (Fsp3) is 0.176. The number of halogens is 1. The molecule has 0 saturated carbocycles. The fourth-order valence-electron chi connectivity index (χ4n) is 2.54. The molecule has 0 spiro atoms. The monoisotopic (exact) mass is 378 g/mol. The van der Waals surface area contributed by atoms with Gasteiger partial charge in [0, 0.05) is 23.6 Å². The Morgan fingerprint density at radius 1 is 1.12 bits per heavy atom. The maximum atomic E-state index is 12.2. The second-order valence-electron chi connectivity index (χ2n) is 5.55. The first-order valence-corrected chi connectivity index (χ1v) is 9.55. The topological polar surface area (TPSA) is 83.6 Å². The van der Waals surface area contributed by atoms with Crippen LogP contribution in [-0.4, -0.2) is 26.0 Å². The molecule has 0 unspecified atom stereocenters. The summed E-state index contributed by atoms with van der Waals surface area (Å²) < 4.78 is 24.6. The van der Waals surface area contributed by atoms with E-state index >= 15 is 0 Å². The summed E-state index contributed by atoms with van der Waals surface area (Å²) in [5.74, 6) is -0.968. The van der Waals surface area contributed by atoms with Crippen molar-refractivity contribution in [1.29, 1.82) is 0 Å². The normalized spacial score (nSPS) is 16.0. The van der Waals surface area contributed by atoms with Crippen LogP contribution in [0.15, 0.2) is 48.5 Å². The van der Waals surface area contributed by atoms with Crippen molar-refractivity contribution in [1.82, 2.24) is 5.32 Å². The van der Waals surface area contributed by atoms with Crippen LogP contribution in [0.3, 0.4) is 0 Å². The number of carbonyl (C=O) groups is 2. The quantitative estimate of drug-likeness (QED) is 0.885. The van der Waals surface area contributed by atoms with Gasteiger partial charge in [-0.25, -0.2) is 12.7 Å². The summed E-state index contributed by atoms with van der Waals surface area (Å²) >= 11 is 6.04. The third-order valence-corrected chi connectivity index (χ3v) is 5.90. The first-order valence-electron chi connectivity index (χ1n) is 7.56. The van der Waals surface area contributed by atoms with Gasteiger partial charge in [0.1, 0.15) is 0 Å². The number of carbonyl (C=O) groups excluding carboxylic acids is 2. The maximum Gasteiger partial charge on any atom is 0.251 e. The lowest BCUT2D eigenvalue weighted by atomic mass is 10.1. The molecule has 1 saturated heterocycles. The Balaban J connectivity index is 1.71. The van der Waals surface area contributed by atoms with Gasteiger partial charge in [-0.05, 0) is 35.9 Å². The number of hydrogen-bond donors (Lipinski definition) is 1. The van der Waals surface area contributed by atoms with E-state index in [4.69, 9.17) is 11.6 Å². The highest BCUT2D eigenvalue weighted by Gasteiger charge is 2.36. The minimum atomic E-state index is -3.60. The Morgan fingerprint density at radius 3 is 2.40 bits per heavy atom.